The maximum Gasteiger partial charge on any atom is 0.416 e. The van der Waals surface area contributed by atoms with Crippen LogP contribution < -0.4 is 9.64 Å². The van der Waals surface area contributed by atoms with Crippen molar-refractivity contribution in [3.63, 3.8) is 0 Å². The number of para-hydroxylation sites is 2. The molecule has 0 saturated carbocycles. The zero-order chi connectivity index (χ0) is 23.1. The van der Waals surface area contributed by atoms with E-state index in [0.717, 1.165) is 50.5 Å². The van der Waals surface area contributed by atoms with Crippen LogP contribution in [-0.4, -0.2) is 31.1 Å². The van der Waals surface area contributed by atoms with Crippen molar-refractivity contribution in [1.29, 1.82) is 0 Å². The highest BCUT2D eigenvalue weighted by Crippen LogP contribution is 2.32. The second kappa shape index (κ2) is 10.6. The fourth-order valence-corrected chi connectivity index (χ4v) is 3.95. The molecule has 33 heavy (non-hydrogen) atoms. The quantitative estimate of drug-likeness (QED) is 0.370. The Balaban J connectivity index is 1.31. The van der Waals surface area contributed by atoms with E-state index in [4.69, 9.17) is 4.74 Å². The number of benzene rings is 3. The van der Waals surface area contributed by atoms with Gasteiger partial charge in [0.15, 0.2) is 0 Å². The molecule has 3 aromatic carbocycles. The first kappa shape index (κ1) is 22.9. The van der Waals surface area contributed by atoms with E-state index in [2.05, 4.69) is 34.1 Å². The van der Waals surface area contributed by atoms with Crippen LogP contribution in [0.5, 0.6) is 5.75 Å². The highest BCUT2D eigenvalue weighted by Gasteiger charge is 2.30. The van der Waals surface area contributed by atoms with Crippen molar-refractivity contribution in [3.05, 3.63) is 102 Å². The fourth-order valence-electron chi connectivity index (χ4n) is 3.95. The van der Waals surface area contributed by atoms with E-state index in [1.807, 2.05) is 42.5 Å². The summed E-state index contributed by atoms with van der Waals surface area (Å²) in [6.45, 7) is 3.37. The van der Waals surface area contributed by atoms with Gasteiger partial charge in [-0.25, -0.2) is 0 Å². The van der Waals surface area contributed by atoms with Crippen LogP contribution in [0.15, 0.2) is 96.8 Å². The lowest BCUT2D eigenvalue weighted by molar-refractivity contribution is -0.137. The number of nitrogens with zero attached hydrogens (tertiary/aromatic N) is 2. The van der Waals surface area contributed by atoms with Crippen molar-refractivity contribution < 1.29 is 17.9 Å². The van der Waals surface area contributed by atoms with E-state index < -0.39 is 11.7 Å². The molecule has 0 saturated heterocycles. The molecule has 3 nitrogen and oxygen atoms in total. The molecule has 4 rings (SSSR count). The standard InChI is InChI=1S/C27H27F3N2O/c28-27(29,30)22-9-7-14-26(21-22)33-25-15-19-31(20-16-25)17-8-18-32(23-10-3-1-4-11-23)24-12-5-2-6-13-24/h1-7,9-15,21H,8,16-20H2. The summed E-state index contributed by atoms with van der Waals surface area (Å²) in [6.07, 6.45) is -0.737. The third kappa shape index (κ3) is 6.39. The van der Waals surface area contributed by atoms with Crippen LogP contribution in [0, 0.1) is 0 Å². The van der Waals surface area contributed by atoms with Crippen molar-refractivity contribution in [2.45, 2.75) is 19.0 Å². The van der Waals surface area contributed by atoms with Crippen LogP contribution in [-0.2, 0) is 6.18 Å². The lowest BCUT2D eigenvalue weighted by atomic mass is 10.2. The number of alkyl halides is 3. The minimum Gasteiger partial charge on any atom is -0.462 e. The Kier molecular flexibility index (Phi) is 7.35. The summed E-state index contributed by atoms with van der Waals surface area (Å²) in [5.41, 5.74) is 1.64. The first-order valence-electron chi connectivity index (χ1n) is 11.1. The third-order valence-electron chi connectivity index (χ3n) is 5.65. The van der Waals surface area contributed by atoms with Gasteiger partial charge in [0.25, 0.3) is 0 Å². The van der Waals surface area contributed by atoms with E-state index >= 15 is 0 Å². The van der Waals surface area contributed by atoms with E-state index in [9.17, 15) is 13.2 Å². The van der Waals surface area contributed by atoms with Crippen molar-refractivity contribution >= 4 is 11.4 Å². The van der Waals surface area contributed by atoms with E-state index in [1.54, 1.807) is 6.07 Å². The third-order valence-corrected chi connectivity index (χ3v) is 5.65. The second-order valence-electron chi connectivity index (χ2n) is 8.02. The minimum atomic E-state index is -4.37. The van der Waals surface area contributed by atoms with Gasteiger partial charge in [0.05, 0.1) is 5.56 Å². The van der Waals surface area contributed by atoms with Crippen LogP contribution in [0.25, 0.3) is 0 Å². The Bertz CT molecular complexity index is 1010. The Hall–Kier alpha value is -3.25. The summed E-state index contributed by atoms with van der Waals surface area (Å²) in [6, 6.07) is 25.7. The van der Waals surface area contributed by atoms with Gasteiger partial charge in [0, 0.05) is 44.0 Å². The SMILES string of the molecule is FC(F)(F)c1cccc(OC2=CCN(CCCN(c3ccccc3)c3ccccc3)CC2)c1. The van der Waals surface area contributed by atoms with Gasteiger partial charge >= 0.3 is 6.18 Å². The highest BCUT2D eigenvalue weighted by atomic mass is 19.4. The molecule has 0 amide bonds. The molecule has 6 heteroatoms. The summed E-state index contributed by atoms with van der Waals surface area (Å²) in [7, 11) is 0. The molecule has 3 aromatic rings. The first-order chi connectivity index (χ1) is 16.0. The minimum absolute atomic E-state index is 0.228. The summed E-state index contributed by atoms with van der Waals surface area (Å²) in [5, 5.41) is 0. The number of halogens is 3. The predicted molar refractivity (Wildman–Crippen MR) is 126 cm³/mol. The molecule has 1 aliphatic heterocycles. The molecule has 172 valence electrons. The van der Waals surface area contributed by atoms with E-state index in [1.165, 1.54) is 17.4 Å². The molecule has 0 bridgehead atoms. The van der Waals surface area contributed by atoms with Crippen molar-refractivity contribution in [3.8, 4) is 5.75 Å². The summed E-state index contributed by atoms with van der Waals surface area (Å²) in [5.74, 6) is 0.951. The Morgan fingerprint density at radius 2 is 1.52 bits per heavy atom. The molecule has 0 unspecified atom stereocenters. The molecular formula is C27H27F3N2O. The van der Waals surface area contributed by atoms with Crippen molar-refractivity contribution in [2.75, 3.05) is 31.1 Å². The van der Waals surface area contributed by atoms with Gasteiger partial charge in [-0.2, -0.15) is 13.2 Å². The summed E-state index contributed by atoms with van der Waals surface area (Å²) < 4.78 is 44.5. The number of ether oxygens (including phenoxy) is 1. The van der Waals surface area contributed by atoms with Gasteiger partial charge in [-0.15, -0.1) is 0 Å². The molecule has 0 aromatic heterocycles. The molecule has 0 fully saturated rings. The number of hydrogen-bond donors (Lipinski definition) is 0. The highest BCUT2D eigenvalue weighted by molar-refractivity contribution is 5.62. The Morgan fingerprint density at radius 1 is 0.848 bits per heavy atom. The normalized spacial score (nSPS) is 14.6. The van der Waals surface area contributed by atoms with Crippen LogP contribution >= 0.6 is 0 Å². The largest absolute Gasteiger partial charge is 0.462 e. The molecular weight excluding hydrogens is 425 g/mol. The topological polar surface area (TPSA) is 15.7 Å². The van der Waals surface area contributed by atoms with Gasteiger partial charge < -0.3 is 9.64 Å². The van der Waals surface area contributed by atoms with Gasteiger partial charge in [-0.05, 0) is 55.0 Å². The summed E-state index contributed by atoms with van der Waals surface area (Å²) in [4.78, 5) is 4.66. The molecule has 0 radical (unpaired) electrons. The average molecular weight is 453 g/mol. The van der Waals surface area contributed by atoms with Gasteiger partial charge in [0.2, 0.25) is 0 Å². The maximum absolute atomic E-state index is 12.9. The molecule has 1 aliphatic rings. The van der Waals surface area contributed by atoms with Crippen LogP contribution in [0.3, 0.4) is 0 Å². The summed E-state index contributed by atoms with van der Waals surface area (Å²) >= 11 is 0. The van der Waals surface area contributed by atoms with Crippen molar-refractivity contribution in [1.82, 2.24) is 4.90 Å². The van der Waals surface area contributed by atoms with Gasteiger partial charge in [-0.3, -0.25) is 4.90 Å². The zero-order valence-electron chi connectivity index (χ0n) is 18.3. The zero-order valence-corrected chi connectivity index (χ0v) is 18.3. The van der Waals surface area contributed by atoms with Crippen LogP contribution in [0.1, 0.15) is 18.4 Å². The predicted octanol–water partition coefficient (Wildman–Crippen LogP) is 6.90. The van der Waals surface area contributed by atoms with Gasteiger partial charge in [-0.1, -0.05) is 42.5 Å². The fraction of sp³-hybridized carbons (Fsp3) is 0.259. The molecule has 0 aliphatic carbocycles. The number of rotatable bonds is 8. The lowest BCUT2D eigenvalue weighted by Gasteiger charge is -2.29. The molecule has 1 heterocycles. The first-order valence-corrected chi connectivity index (χ1v) is 11.1. The monoisotopic (exact) mass is 452 g/mol. The number of anilines is 2. The Labute approximate surface area is 192 Å². The second-order valence-corrected chi connectivity index (χ2v) is 8.02. The Morgan fingerprint density at radius 3 is 2.09 bits per heavy atom. The smallest absolute Gasteiger partial charge is 0.416 e. The van der Waals surface area contributed by atoms with Crippen LogP contribution in [0.4, 0.5) is 24.5 Å². The van der Waals surface area contributed by atoms with Gasteiger partial charge in [0.1, 0.15) is 11.5 Å². The average Bonchev–Trinajstić information content (AvgIpc) is 2.84. The molecule has 0 spiro atoms. The van der Waals surface area contributed by atoms with Crippen molar-refractivity contribution in [2.24, 2.45) is 0 Å². The van der Waals surface area contributed by atoms with E-state index in [0.29, 0.717) is 6.42 Å². The maximum atomic E-state index is 12.9. The van der Waals surface area contributed by atoms with E-state index in [-0.39, 0.29) is 5.75 Å². The number of hydrogen-bond acceptors (Lipinski definition) is 3. The molecule has 0 atom stereocenters. The molecule has 0 N–H and O–H groups in total. The lowest BCUT2D eigenvalue weighted by Crippen LogP contribution is -2.32. The van der Waals surface area contributed by atoms with Crippen LogP contribution in [0.2, 0.25) is 0 Å².